The van der Waals surface area contributed by atoms with Crippen molar-refractivity contribution < 1.29 is 19.1 Å². The van der Waals surface area contributed by atoms with E-state index >= 15 is 0 Å². The van der Waals surface area contributed by atoms with Gasteiger partial charge in [-0.05, 0) is 39.5 Å². The first kappa shape index (κ1) is 27.8. The fourth-order valence-corrected chi connectivity index (χ4v) is 4.66. The van der Waals surface area contributed by atoms with E-state index in [1.54, 1.807) is 0 Å². The van der Waals surface area contributed by atoms with E-state index in [-0.39, 0.29) is 23.1 Å². The van der Waals surface area contributed by atoms with Crippen LogP contribution >= 0.6 is 0 Å². The first-order valence-electron chi connectivity index (χ1n) is 12.5. The van der Waals surface area contributed by atoms with Gasteiger partial charge in [0.2, 0.25) is 0 Å². The van der Waals surface area contributed by atoms with Crippen molar-refractivity contribution in [3.8, 4) is 0 Å². The van der Waals surface area contributed by atoms with Crippen LogP contribution < -0.4 is 0 Å². The number of piperidine rings is 1. The molecule has 182 valence electrons. The molecule has 0 saturated carbocycles. The zero-order valence-corrected chi connectivity index (χ0v) is 21.9. The summed E-state index contributed by atoms with van der Waals surface area (Å²) in [6, 6.07) is 0. The highest BCUT2D eigenvalue weighted by molar-refractivity contribution is 5.76. The third kappa shape index (κ3) is 6.86. The van der Waals surface area contributed by atoms with Gasteiger partial charge in [0, 0.05) is 31.3 Å². The number of hydrogen-bond acceptors (Lipinski definition) is 4. The van der Waals surface area contributed by atoms with Crippen LogP contribution in [0, 0.1) is 10.8 Å². The second-order valence-corrected chi connectivity index (χ2v) is 11.2. The number of hydrogen-bond donors (Lipinski definition) is 0. The summed E-state index contributed by atoms with van der Waals surface area (Å²) >= 11 is 0. The minimum absolute atomic E-state index is 0.145. The molecule has 0 aromatic heterocycles. The van der Waals surface area contributed by atoms with Gasteiger partial charge in [0.15, 0.2) is 0 Å². The summed E-state index contributed by atoms with van der Waals surface area (Å²) < 4.78 is 12.4. The predicted octanol–water partition coefficient (Wildman–Crippen LogP) is 7.12. The first-order chi connectivity index (χ1) is 14.3. The van der Waals surface area contributed by atoms with Gasteiger partial charge in [0.25, 0.3) is 0 Å². The summed E-state index contributed by atoms with van der Waals surface area (Å²) in [4.78, 5) is 27.8. The van der Waals surface area contributed by atoms with Crippen LogP contribution in [0.3, 0.4) is 0 Å². The van der Waals surface area contributed by atoms with Crippen molar-refractivity contribution in [2.75, 3.05) is 13.1 Å². The number of esters is 1. The van der Waals surface area contributed by atoms with Crippen LogP contribution in [0.2, 0.25) is 0 Å². The normalized spacial score (nSPS) is 17.4. The van der Waals surface area contributed by atoms with Crippen LogP contribution in [0.25, 0.3) is 0 Å². The molecule has 0 bridgehead atoms. The van der Waals surface area contributed by atoms with Gasteiger partial charge in [-0.15, -0.1) is 0 Å². The Morgan fingerprint density at radius 3 is 1.65 bits per heavy atom. The standard InChI is InChI=1S/C26H49NO4/c1-10-14-25(15-11-2,16-12-3)31-22(29)27-19-17-26(18-20-27,23(5,6)7)30-21(28)24(8,9)13-4/h10-20H2,1-9H3. The predicted molar refractivity (Wildman–Crippen MR) is 127 cm³/mol. The maximum atomic E-state index is 13.1. The average molecular weight is 440 g/mol. The molecular formula is C26H49NO4. The number of nitrogens with zero attached hydrogens (tertiary/aromatic N) is 1. The Morgan fingerprint density at radius 2 is 1.29 bits per heavy atom. The number of carbonyl (C=O) groups excluding carboxylic acids is 2. The highest BCUT2D eigenvalue weighted by atomic mass is 16.6. The fraction of sp³-hybridized carbons (Fsp3) is 0.923. The van der Waals surface area contributed by atoms with E-state index in [9.17, 15) is 9.59 Å². The summed E-state index contributed by atoms with van der Waals surface area (Å²) in [7, 11) is 0. The number of amides is 1. The summed E-state index contributed by atoms with van der Waals surface area (Å²) in [6.07, 6.45) is 7.53. The van der Waals surface area contributed by atoms with Crippen molar-refractivity contribution in [2.24, 2.45) is 10.8 Å². The Hall–Kier alpha value is -1.26. The van der Waals surface area contributed by atoms with Gasteiger partial charge in [-0.1, -0.05) is 67.7 Å². The molecule has 0 N–H and O–H groups in total. The minimum Gasteiger partial charge on any atom is -0.458 e. The van der Waals surface area contributed by atoms with E-state index in [0.717, 1.165) is 44.9 Å². The van der Waals surface area contributed by atoms with E-state index in [1.807, 2.05) is 25.7 Å². The molecule has 0 aromatic rings. The van der Waals surface area contributed by atoms with Gasteiger partial charge in [0.05, 0.1) is 5.41 Å². The lowest BCUT2D eigenvalue weighted by molar-refractivity contribution is -0.192. The molecular weight excluding hydrogens is 390 g/mol. The van der Waals surface area contributed by atoms with Crippen molar-refractivity contribution in [3.63, 3.8) is 0 Å². The first-order valence-corrected chi connectivity index (χ1v) is 12.5. The molecule has 1 amide bonds. The summed E-state index contributed by atoms with van der Waals surface area (Å²) in [5.74, 6) is -0.145. The van der Waals surface area contributed by atoms with Crippen LogP contribution in [0.15, 0.2) is 0 Å². The highest BCUT2D eigenvalue weighted by Gasteiger charge is 2.50. The van der Waals surface area contributed by atoms with Crippen molar-refractivity contribution in [3.05, 3.63) is 0 Å². The Labute approximate surface area is 191 Å². The second kappa shape index (κ2) is 11.0. The van der Waals surface area contributed by atoms with Gasteiger partial charge in [-0.3, -0.25) is 4.79 Å². The second-order valence-electron chi connectivity index (χ2n) is 11.2. The fourth-order valence-electron chi connectivity index (χ4n) is 4.66. The summed E-state index contributed by atoms with van der Waals surface area (Å²) in [6.45, 7) is 19.8. The number of rotatable bonds is 10. The Bertz CT molecular complexity index is 566. The SMILES string of the molecule is CCCC(CCC)(CCC)OC(=O)N1CCC(OC(=O)C(C)(C)CC)(C(C)(C)C)CC1. The molecule has 0 radical (unpaired) electrons. The molecule has 0 atom stereocenters. The van der Waals surface area contributed by atoms with Gasteiger partial charge in [0.1, 0.15) is 11.2 Å². The molecule has 1 saturated heterocycles. The lowest BCUT2D eigenvalue weighted by Gasteiger charge is -2.50. The molecule has 5 nitrogen and oxygen atoms in total. The number of ether oxygens (including phenoxy) is 2. The van der Waals surface area contributed by atoms with Crippen molar-refractivity contribution >= 4 is 12.1 Å². The molecule has 31 heavy (non-hydrogen) atoms. The van der Waals surface area contributed by atoms with E-state index in [2.05, 4.69) is 41.5 Å². The van der Waals surface area contributed by atoms with Gasteiger partial charge < -0.3 is 14.4 Å². The monoisotopic (exact) mass is 439 g/mol. The molecule has 1 aliphatic heterocycles. The van der Waals surface area contributed by atoms with Crippen LogP contribution in [0.5, 0.6) is 0 Å². The van der Waals surface area contributed by atoms with Crippen LogP contribution in [0.1, 0.15) is 120 Å². The Balaban J connectivity index is 2.95. The zero-order chi connectivity index (χ0) is 23.9. The highest BCUT2D eigenvalue weighted by Crippen LogP contribution is 2.44. The van der Waals surface area contributed by atoms with E-state index in [4.69, 9.17) is 9.47 Å². The van der Waals surface area contributed by atoms with Crippen molar-refractivity contribution in [1.82, 2.24) is 4.90 Å². The molecule has 0 aromatic carbocycles. The van der Waals surface area contributed by atoms with Crippen molar-refractivity contribution in [1.29, 1.82) is 0 Å². The van der Waals surface area contributed by atoms with E-state index < -0.39 is 11.0 Å². The Kier molecular flexibility index (Phi) is 9.90. The minimum atomic E-state index is -0.569. The number of carbonyl (C=O) groups is 2. The quantitative estimate of drug-likeness (QED) is 0.340. The van der Waals surface area contributed by atoms with Gasteiger partial charge >= 0.3 is 12.1 Å². The van der Waals surface area contributed by atoms with Gasteiger partial charge in [-0.25, -0.2) is 4.79 Å². The number of likely N-dealkylation sites (tertiary alicyclic amines) is 1. The third-order valence-electron chi connectivity index (χ3n) is 7.34. The average Bonchev–Trinajstić information content (AvgIpc) is 2.68. The van der Waals surface area contributed by atoms with Gasteiger partial charge in [-0.2, -0.15) is 0 Å². The molecule has 1 fully saturated rings. The lowest BCUT2D eigenvalue weighted by atomic mass is 9.70. The topological polar surface area (TPSA) is 55.8 Å². The summed E-state index contributed by atoms with van der Waals surface area (Å²) in [5, 5.41) is 0. The molecule has 0 aliphatic carbocycles. The molecule has 1 heterocycles. The molecule has 5 heteroatoms. The maximum Gasteiger partial charge on any atom is 0.410 e. The van der Waals surface area contributed by atoms with Crippen molar-refractivity contribution in [2.45, 2.75) is 131 Å². The van der Waals surface area contributed by atoms with E-state index in [0.29, 0.717) is 25.9 Å². The van der Waals surface area contributed by atoms with Crippen LogP contribution in [-0.2, 0) is 14.3 Å². The molecule has 1 aliphatic rings. The van der Waals surface area contributed by atoms with Crippen LogP contribution in [-0.4, -0.2) is 41.3 Å². The lowest BCUT2D eigenvalue weighted by Crippen LogP contribution is -2.57. The smallest absolute Gasteiger partial charge is 0.410 e. The molecule has 0 spiro atoms. The molecule has 1 rings (SSSR count). The third-order valence-corrected chi connectivity index (χ3v) is 7.34. The largest absolute Gasteiger partial charge is 0.458 e. The zero-order valence-electron chi connectivity index (χ0n) is 21.9. The molecule has 0 unspecified atom stereocenters. The maximum absolute atomic E-state index is 13.1. The van der Waals surface area contributed by atoms with Crippen LogP contribution in [0.4, 0.5) is 4.79 Å². The summed E-state index contributed by atoms with van der Waals surface area (Å²) in [5.41, 5.74) is -1.64. The Morgan fingerprint density at radius 1 is 0.839 bits per heavy atom. The van der Waals surface area contributed by atoms with E-state index in [1.165, 1.54) is 0 Å².